The summed E-state index contributed by atoms with van der Waals surface area (Å²) in [4.78, 5) is 27.8. The average Bonchev–Trinajstić information content (AvgIpc) is 3.50. The summed E-state index contributed by atoms with van der Waals surface area (Å²) < 4.78 is 11.4. The van der Waals surface area contributed by atoms with Gasteiger partial charge >= 0.3 is 0 Å². The number of benzene rings is 3. The largest absolute Gasteiger partial charge is 0.451 e. The van der Waals surface area contributed by atoms with Crippen molar-refractivity contribution in [2.24, 2.45) is 0 Å². The third kappa shape index (κ3) is 4.16. The van der Waals surface area contributed by atoms with Gasteiger partial charge in [-0.2, -0.15) is 0 Å². The zero-order valence-corrected chi connectivity index (χ0v) is 18.1. The topological polar surface area (TPSA) is 111 Å². The van der Waals surface area contributed by atoms with E-state index in [0.717, 1.165) is 27.8 Å². The van der Waals surface area contributed by atoms with Gasteiger partial charge in [0.1, 0.15) is 11.3 Å². The smallest absolute Gasteiger partial charge is 0.287 e. The fourth-order valence-corrected chi connectivity index (χ4v) is 3.64. The monoisotopic (exact) mass is 453 g/mol. The number of para-hydroxylation sites is 1. The average molecular weight is 453 g/mol. The highest BCUT2D eigenvalue weighted by Crippen LogP contribution is 2.31. The molecule has 2 aromatic heterocycles. The minimum Gasteiger partial charge on any atom is -0.451 e. The Morgan fingerprint density at radius 1 is 1.00 bits per heavy atom. The fourth-order valence-electron chi connectivity index (χ4n) is 3.64. The molecular formula is C26H19N3O5. The van der Waals surface area contributed by atoms with Crippen LogP contribution in [0.3, 0.4) is 0 Å². The number of amides is 1. The molecule has 2 heterocycles. The van der Waals surface area contributed by atoms with Gasteiger partial charge in [-0.15, -0.1) is 0 Å². The van der Waals surface area contributed by atoms with Crippen LogP contribution in [0.4, 0.5) is 5.69 Å². The predicted molar refractivity (Wildman–Crippen MR) is 126 cm³/mol. The first-order chi connectivity index (χ1) is 16.5. The normalized spacial score (nSPS) is 11.0. The summed E-state index contributed by atoms with van der Waals surface area (Å²) in [5.41, 5.74) is 4.60. The zero-order valence-electron chi connectivity index (χ0n) is 18.1. The number of hydrogen-bond donors (Lipinski definition) is 1. The highest BCUT2D eigenvalue weighted by molar-refractivity contribution is 5.92. The number of carbonyl (C=O) groups excluding carboxylic acids is 1. The number of carbonyl (C=O) groups is 1. The maximum atomic E-state index is 12.5. The van der Waals surface area contributed by atoms with Crippen LogP contribution in [0.1, 0.15) is 21.7 Å². The standard InChI is InChI=1S/C26H19N3O5/c1-16-6-11-20-24(14-16)34-26(28-20)18-9-7-17(8-10-18)15-27-25(30)23-13-12-22(33-23)19-4-2-3-5-21(19)29(31)32/h2-14H,15H2,1H3,(H,27,30). The number of oxazole rings is 1. The van der Waals surface area contributed by atoms with Crippen LogP contribution < -0.4 is 5.32 Å². The van der Waals surface area contributed by atoms with Crippen LogP contribution in [0.5, 0.6) is 0 Å². The maximum absolute atomic E-state index is 12.5. The lowest BCUT2D eigenvalue weighted by molar-refractivity contribution is -0.384. The van der Waals surface area contributed by atoms with E-state index in [2.05, 4.69) is 10.3 Å². The van der Waals surface area contributed by atoms with Crippen molar-refractivity contribution in [3.8, 4) is 22.8 Å². The number of rotatable bonds is 6. The number of hydrogen-bond acceptors (Lipinski definition) is 6. The van der Waals surface area contributed by atoms with E-state index < -0.39 is 10.8 Å². The number of aromatic nitrogens is 1. The Morgan fingerprint density at radius 3 is 2.59 bits per heavy atom. The molecule has 0 atom stereocenters. The Bertz CT molecular complexity index is 1520. The number of nitro benzene ring substituents is 1. The second kappa shape index (κ2) is 8.67. The zero-order chi connectivity index (χ0) is 23.7. The molecule has 8 nitrogen and oxygen atoms in total. The minimum atomic E-state index is -0.483. The Morgan fingerprint density at radius 2 is 1.79 bits per heavy atom. The van der Waals surface area contributed by atoms with Crippen LogP contribution in [-0.4, -0.2) is 15.8 Å². The molecule has 0 bridgehead atoms. The molecule has 0 saturated carbocycles. The molecule has 0 aliphatic rings. The van der Waals surface area contributed by atoms with Crippen molar-refractivity contribution in [3.63, 3.8) is 0 Å². The first-order valence-corrected chi connectivity index (χ1v) is 10.6. The van der Waals surface area contributed by atoms with Gasteiger partial charge in [-0.3, -0.25) is 14.9 Å². The summed E-state index contributed by atoms with van der Waals surface area (Å²) in [6.07, 6.45) is 0. The summed E-state index contributed by atoms with van der Waals surface area (Å²) in [7, 11) is 0. The molecule has 1 amide bonds. The van der Waals surface area contributed by atoms with Gasteiger partial charge in [-0.25, -0.2) is 4.98 Å². The molecule has 0 saturated heterocycles. The molecule has 0 aliphatic carbocycles. The number of aryl methyl sites for hydroxylation is 1. The van der Waals surface area contributed by atoms with Gasteiger partial charge in [0.15, 0.2) is 11.3 Å². The molecule has 5 rings (SSSR count). The van der Waals surface area contributed by atoms with Crippen molar-refractivity contribution < 1.29 is 18.6 Å². The van der Waals surface area contributed by atoms with Crippen LogP contribution >= 0.6 is 0 Å². The van der Waals surface area contributed by atoms with Gasteiger partial charge < -0.3 is 14.2 Å². The Kier molecular flexibility index (Phi) is 5.39. The van der Waals surface area contributed by atoms with Crippen LogP contribution in [0.15, 0.2) is 87.7 Å². The molecule has 0 spiro atoms. The van der Waals surface area contributed by atoms with E-state index in [-0.39, 0.29) is 23.8 Å². The lowest BCUT2D eigenvalue weighted by Crippen LogP contribution is -2.22. The van der Waals surface area contributed by atoms with Gasteiger partial charge in [0.25, 0.3) is 11.6 Å². The van der Waals surface area contributed by atoms with Crippen LogP contribution in [0, 0.1) is 17.0 Å². The molecule has 168 valence electrons. The SMILES string of the molecule is Cc1ccc2nc(-c3ccc(CNC(=O)c4ccc(-c5ccccc5[N+](=O)[O-])o4)cc3)oc2c1. The third-order valence-corrected chi connectivity index (χ3v) is 5.39. The number of nitro groups is 1. The molecule has 3 aromatic carbocycles. The molecule has 34 heavy (non-hydrogen) atoms. The van der Waals surface area contributed by atoms with Crippen LogP contribution in [0.2, 0.25) is 0 Å². The number of furan rings is 1. The first-order valence-electron chi connectivity index (χ1n) is 10.6. The summed E-state index contributed by atoms with van der Waals surface area (Å²) in [6.45, 7) is 2.28. The lowest BCUT2D eigenvalue weighted by Gasteiger charge is -2.04. The minimum absolute atomic E-state index is 0.0755. The van der Waals surface area contributed by atoms with E-state index in [9.17, 15) is 14.9 Å². The molecule has 0 radical (unpaired) electrons. The number of nitrogens with one attached hydrogen (secondary N) is 1. The van der Waals surface area contributed by atoms with E-state index in [1.54, 1.807) is 24.3 Å². The highest BCUT2D eigenvalue weighted by atomic mass is 16.6. The van der Waals surface area contributed by atoms with E-state index in [0.29, 0.717) is 11.5 Å². The maximum Gasteiger partial charge on any atom is 0.287 e. The van der Waals surface area contributed by atoms with Gasteiger partial charge in [0, 0.05) is 18.2 Å². The molecule has 1 N–H and O–H groups in total. The van der Waals surface area contributed by atoms with Gasteiger partial charge in [-0.05, 0) is 60.5 Å². The third-order valence-electron chi connectivity index (χ3n) is 5.39. The molecule has 0 aliphatic heterocycles. The number of fused-ring (bicyclic) bond motifs is 1. The van der Waals surface area contributed by atoms with Crippen molar-refractivity contribution in [1.29, 1.82) is 0 Å². The first kappa shape index (κ1) is 21.1. The molecule has 0 unspecified atom stereocenters. The second-order valence-electron chi connectivity index (χ2n) is 7.81. The Hall–Kier alpha value is -4.72. The quantitative estimate of drug-likeness (QED) is 0.253. The van der Waals surface area contributed by atoms with Crippen molar-refractivity contribution in [2.75, 3.05) is 0 Å². The van der Waals surface area contributed by atoms with E-state index in [4.69, 9.17) is 8.83 Å². The van der Waals surface area contributed by atoms with Gasteiger partial charge in [-0.1, -0.05) is 30.3 Å². The van der Waals surface area contributed by atoms with Crippen LogP contribution in [-0.2, 0) is 6.54 Å². The van der Waals surface area contributed by atoms with Gasteiger partial charge in [0.2, 0.25) is 5.89 Å². The van der Waals surface area contributed by atoms with Crippen molar-refractivity contribution in [3.05, 3.63) is 106 Å². The van der Waals surface area contributed by atoms with Crippen molar-refractivity contribution in [2.45, 2.75) is 13.5 Å². The van der Waals surface area contributed by atoms with E-state index in [1.165, 1.54) is 12.1 Å². The highest BCUT2D eigenvalue weighted by Gasteiger charge is 2.19. The second-order valence-corrected chi connectivity index (χ2v) is 7.81. The summed E-state index contributed by atoms with van der Waals surface area (Å²) in [5.74, 6) is 0.458. The van der Waals surface area contributed by atoms with E-state index >= 15 is 0 Å². The summed E-state index contributed by atoms with van der Waals surface area (Å²) in [5, 5.41) is 14.0. The Labute approximate surface area is 194 Å². The molecule has 0 fully saturated rings. The van der Waals surface area contributed by atoms with Crippen LogP contribution in [0.25, 0.3) is 33.9 Å². The van der Waals surface area contributed by atoms with Gasteiger partial charge in [0.05, 0.1) is 10.5 Å². The summed E-state index contributed by atoms with van der Waals surface area (Å²) >= 11 is 0. The molecular weight excluding hydrogens is 434 g/mol. The molecule has 8 heteroatoms. The van der Waals surface area contributed by atoms with Crippen molar-refractivity contribution in [1.82, 2.24) is 10.3 Å². The summed E-state index contributed by atoms with van der Waals surface area (Å²) in [6, 6.07) is 22.7. The van der Waals surface area contributed by atoms with E-state index in [1.807, 2.05) is 49.4 Å². The lowest BCUT2D eigenvalue weighted by atomic mass is 10.1. The Balaban J connectivity index is 1.26. The fraction of sp³-hybridized carbons (Fsp3) is 0.0769. The molecule has 5 aromatic rings. The number of nitrogens with zero attached hydrogens (tertiary/aromatic N) is 2. The van der Waals surface area contributed by atoms with Crippen molar-refractivity contribution >= 4 is 22.7 Å². The predicted octanol–water partition coefficient (Wildman–Crippen LogP) is 5.90.